The van der Waals surface area contributed by atoms with E-state index in [-0.39, 0.29) is 11.8 Å². The standard InChI is InChI=1S/C21H21ClN4O/c1-25-12-10-23-20(25)21(27)26-11-4-6-16(14-26)19-9-3-8-18(24-19)15-5-2-7-17(22)13-15/h2-3,5,7-10,12-13,16H,4,6,11,14H2,1H3/t16-/m0/s1. The number of pyridine rings is 1. The van der Waals surface area contributed by atoms with Gasteiger partial charge in [0.1, 0.15) is 0 Å². The van der Waals surface area contributed by atoms with Gasteiger partial charge in [-0.25, -0.2) is 4.98 Å². The molecule has 1 aliphatic rings. The van der Waals surface area contributed by atoms with Gasteiger partial charge >= 0.3 is 0 Å². The maximum Gasteiger partial charge on any atom is 0.289 e. The molecule has 2 aromatic heterocycles. The number of piperidine rings is 1. The zero-order valence-corrected chi connectivity index (χ0v) is 15.9. The number of carbonyl (C=O) groups is 1. The van der Waals surface area contributed by atoms with Crippen molar-refractivity contribution in [2.24, 2.45) is 7.05 Å². The van der Waals surface area contributed by atoms with Crippen LogP contribution in [-0.2, 0) is 7.05 Å². The minimum atomic E-state index is -0.0156. The predicted octanol–water partition coefficient (Wildman–Crippen LogP) is 4.16. The molecule has 0 saturated carbocycles. The second-order valence-corrected chi connectivity index (χ2v) is 7.35. The largest absolute Gasteiger partial charge is 0.335 e. The lowest BCUT2D eigenvalue weighted by atomic mass is 9.93. The van der Waals surface area contributed by atoms with Crippen LogP contribution < -0.4 is 0 Å². The van der Waals surface area contributed by atoms with Crippen LogP contribution in [0.15, 0.2) is 54.9 Å². The molecular weight excluding hydrogens is 360 g/mol. The number of aromatic nitrogens is 3. The van der Waals surface area contributed by atoms with E-state index in [0.717, 1.165) is 36.3 Å². The van der Waals surface area contributed by atoms with E-state index in [1.807, 2.05) is 54.4 Å². The van der Waals surface area contributed by atoms with Gasteiger partial charge in [-0.1, -0.05) is 29.8 Å². The molecule has 27 heavy (non-hydrogen) atoms. The highest BCUT2D eigenvalue weighted by Gasteiger charge is 2.28. The molecule has 4 rings (SSSR count). The summed E-state index contributed by atoms with van der Waals surface area (Å²) in [6, 6.07) is 13.8. The van der Waals surface area contributed by atoms with E-state index >= 15 is 0 Å². The van der Waals surface area contributed by atoms with Crippen molar-refractivity contribution in [3.63, 3.8) is 0 Å². The summed E-state index contributed by atoms with van der Waals surface area (Å²) in [6.07, 6.45) is 5.44. The van der Waals surface area contributed by atoms with E-state index in [0.29, 0.717) is 17.4 Å². The van der Waals surface area contributed by atoms with Gasteiger partial charge in [0, 0.05) is 54.7 Å². The fourth-order valence-electron chi connectivity index (χ4n) is 3.60. The van der Waals surface area contributed by atoms with E-state index < -0.39 is 0 Å². The van der Waals surface area contributed by atoms with Gasteiger partial charge in [-0.2, -0.15) is 0 Å². The van der Waals surface area contributed by atoms with Crippen LogP contribution in [0, 0.1) is 0 Å². The van der Waals surface area contributed by atoms with Gasteiger partial charge in [-0.3, -0.25) is 9.78 Å². The molecular formula is C21H21ClN4O. The van der Waals surface area contributed by atoms with Crippen LogP contribution >= 0.6 is 11.6 Å². The molecule has 1 aromatic carbocycles. The molecule has 0 radical (unpaired) electrons. The summed E-state index contributed by atoms with van der Waals surface area (Å²) < 4.78 is 1.77. The van der Waals surface area contributed by atoms with Crippen molar-refractivity contribution in [3.05, 3.63) is 71.4 Å². The number of hydrogen-bond acceptors (Lipinski definition) is 3. The lowest BCUT2D eigenvalue weighted by Gasteiger charge is -2.32. The molecule has 0 bridgehead atoms. The van der Waals surface area contributed by atoms with Gasteiger partial charge in [0.15, 0.2) is 5.82 Å². The van der Waals surface area contributed by atoms with E-state index in [9.17, 15) is 4.79 Å². The highest BCUT2D eigenvalue weighted by atomic mass is 35.5. The monoisotopic (exact) mass is 380 g/mol. The predicted molar refractivity (Wildman–Crippen MR) is 106 cm³/mol. The quantitative estimate of drug-likeness (QED) is 0.685. The second-order valence-electron chi connectivity index (χ2n) is 6.91. The highest BCUT2D eigenvalue weighted by Crippen LogP contribution is 2.29. The van der Waals surface area contributed by atoms with Crippen molar-refractivity contribution < 1.29 is 4.79 Å². The van der Waals surface area contributed by atoms with Crippen LogP contribution in [0.3, 0.4) is 0 Å². The molecule has 0 spiro atoms. The average Bonchev–Trinajstić information content (AvgIpc) is 3.13. The van der Waals surface area contributed by atoms with Gasteiger partial charge in [-0.15, -0.1) is 0 Å². The Bertz CT molecular complexity index is 968. The maximum absolute atomic E-state index is 12.8. The number of carbonyl (C=O) groups excluding carboxylic acids is 1. The Labute approximate surface area is 163 Å². The molecule has 1 aliphatic heterocycles. The van der Waals surface area contributed by atoms with Crippen LogP contribution in [0.5, 0.6) is 0 Å². The molecule has 1 saturated heterocycles. The first-order valence-electron chi connectivity index (χ1n) is 9.11. The smallest absolute Gasteiger partial charge is 0.289 e. The molecule has 1 atom stereocenters. The first kappa shape index (κ1) is 17.7. The Morgan fingerprint density at radius 2 is 2.07 bits per heavy atom. The van der Waals surface area contributed by atoms with Crippen molar-refractivity contribution in [2.75, 3.05) is 13.1 Å². The zero-order valence-electron chi connectivity index (χ0n) is 15.2. The Morgan fingerprint density at radius 3 is 2.85 bits per heavy atom. The van der Waals surface area contributed by atoms with Gasteiger partial charge in [0.25, 0.3) is 5.91 Å². The number of halogens is 1. The van der Waals surface area contributed by atoms with Gasteiger partial charge in [0.05, 0.1) is 5.69 Å². The summed E-state index contributed by atoms with van der Waals surface area (Å²) >= 11 is 6.12. The number of rotatable bonds is 3. The Balaban J connectivity index is 1.56. The number of benzene rings is 1. The topological polar surface area (TPSA) is 51.0 Å². The third-order valence-electron chi connectivity index (χ3n) is 5.03. The molecule has 0 N–H and O–H groups in total. The summed E-state index contributed by atoms with van der Waals surface area (Å²) in [6.45, 7) is 1.42. The Hall–Kier alpha value is -2.66. The van der Waals surface area contributed by atoms with E-state index in [1.54, 1.807) is 17.0 Å². The molecule has 6 heteroatoms. The lowest BCUT2D eigenvalue weighted by molar-refractivity contribution is 0.0690. The summed E-state index contributed by atoms with van der Waals surface area (Å²) in [5, 5.41) is 0.698. The minimum absolute atomic E-state index is 0.0156. The molecule has 138 valence electrons. The molecule has 1 amide bonds. The third kappa shape index (κ3) is 3.74. The second kappa shape index (κ2) is 7.53. The van der Waals surface area contributed by atoms with Gasteiger partial charge in [0.2, 0.25) is 0 Å². The zero-order chi connectivity index (χ0) is 18.8. The number of likely N-dealkylation sites (tertiary alicyclic amines) is 1. The maximum atomic E-state index is 12.8. The number of amides is 1. The van der Waals surface area contributed by atoms with Crippen LogP contribution in [0.25, 0.3) is 11.3 Å². The third-order valence-corrected chi connectivity index (χ3v) is 5.27. The summed E-state index contributed by atoms with van der Waals surface area (Å²) in [7, 11) is 1.84. The first-order valence-corrected chi connectivity index (χ1v) is 9.49. The number of aryl methyl sites for hydroxylation is 1. The van der Waals surface area contributed by atoms with E-state index in [2.05, 4.69) is 4.98 Å². The summed E-state index contributed by atoms with van der Waals surface area (Å²) in [5.74, 6) is 0.691. The highest BCUT2D eigenvalue weighted by molar-refractivity contribution is 6.30. The number of nitrogens with zero attached hydrogens (tertiary/aromatic N) is 4. The normalized spacial score (nSPS) is 17.1. The van der Waals surface area contributed by atoms with Crippen LogP contribution in [0.2, 0.25) is 5.02 Å². The molecule has 0 aliphatic carbocycles. The molecule has 5 nitrogen and oxygen atoms in total. The molecule has 1 fully saturated rings. The fourth-order valence-corrected chi connectivity index (χ4v) is 3.79. The van der Waals surface area contributed by atoms with E-state index in [4.69, 9.17) is 16.6 Å². The number of imidazole rings is 1. The summed E-state index contributed by atoms with van der Waals surface area (Å²) in [4.78, 5) is 23.7. The SMILES string of the molecule is Cn1ccnc1C(=O)N1CCC[C@H](c2cccc(-c3cccc(Cl)c3)n2)C1. The fraction of sp³-hybridized carbons (Fsp3) is 0.286. The lowest BCUT2D eigenvalue weighted by Crippen LogP contribution is -2.40. The van der Waals surface area contributed by atoms with Gasteiger partial charge < -0.3 is 9.47 Å². The minimum Gasteiger partial charge on any atom is -0.335 e. The van der Waals surface area contributed by atoms with Gasteiger partial charge in [-0.05, 0) is 37.1 Å². The number of hydrogen-bond donors (Lipinski definition) is 0. The van der Waals surface area contributed by atoms with Crippen LogP contribution in [0.4, 0.5) is 0 Å². The van der Waals surface area contributed by atoms with Crippen molar-refractivity contribution in [2.45, 2.75) is 18.8 Å². The van der Waals surface area contributed by atoms with Crippen molar-refractivity contribution >= 4 is 17.5 Å². The Morgan fingerprint density at radius 1 is 1.22 bits per heavy atom. The van der Waals surface area contributed by atoms with Crippen molar-refractivity contribution in [1.82, 2.24) is 19.4 Å². The van der Waals surface area contributed by atoms with E-state index in [1.165, 1.54) is 0 Å². The first-order chi connectivity index (χ1) is 13.1. The van der Waals surface area contributed by atoms with Crippen LogP contribution in [0.1, 0.15) is 35.1 Å². The van der Waals surface area contributed by atoms with Crippen molar-refractivity contribution in [3.8, 4) is 11.3 Å². The Kier molecular flexibility index (Phi) is 4.94. The molecule has 0 unspecified atom stereocenters. The van der Waals surface area contributed by atoms with Crippen molar-refractivity contribution in [1.29, 1.82) is 0 Å². The molecule has 3 heterocycles. The summed E-state index contributed by atoms with van der Waals surface area (Å²) in [5.41, 5.74) is 2.92. The molecule has 3 aromatic rings. The average molecular weight is 381 g/mol. The van der Waals surface area contributed by atoms with Crippen LogP contribution in [-0.4, -0.2) is 38.4 Å².